The number of alkyl halides is 1. The summed E-state index contributed by atoms with van der Waals surface area (Å²) in [4.78, 5) is 0. The first kappa shape index (κ1) is 14.3. The van der Waals surface area contributed by atoms with E-state index in [1.165, 1.54) is 25.7 Å². The Hall–Kier alpha value is -0.110. The van der Waals surface area contributed by atoms with Crippen molar-refractivity contribution < 1.29 is 9.13 Å². The summed E-state index contributed by atoms with van der Waals surface area (Å²) < 4.78 is 20.2. The second-order valence-corrected chi connectivity index (χ2v) is 6.45. The molecule has 2 fully saturated rings. The Bertz CT molecular complexity index is 237. The van der Waals surface area contributed by atoms with Crippen molar-refractivity contribution in [3.05, 3.63) is 0 Å². The molecule has 1 nitrogen and oxygen atoms in total. The SMILES string of the molecule is CCCC1CCC(C2CCC(F)(CC)CC2)OC1. The van der Waals surface area contributed by atoms with Crippen LogP contribution in [0.25, 0.3) is 0 Å². The fraction of sp³-hybridized carbons (Fsp3) is 1.00. The molecule has 18 heavy (non-hydrogen) atoms. The van der Waals surface area contributed by atoms with Gasteiger partial charge in [0.2, 0.25) is 0 Å². The molecule has 2 unspecified atom stereocenters. The Balaban J connectivity index is 1.74. The molecule has 1 heterocycles. The van der Waals surface area contributed by atoms with Crippen molar-refractivity contribution in [2.75, 3.05) is 6.61 Å². The lowest BCUT2D eigenvalue weighted by Crippen LogP contribution is -2.37. The normalized spacial score (nSPS) is 41.8. The molecule has 2 heteroatoms. The van der Waals surface area contributed by atoms with Gasteiger partial charge in [-0.1, -0.05) is 20.3 Å². The first-order valence-electron chi connectivity index (χ1n) is 7.97. The summed E-state index contributed by atoms with van der Waals surface area (Å²) in [7, 11) is 0. The van der Waals surface area contributed by atoms with Crippen LogP contribution >= 0.6 is 0 Å². The van der Waals surface area contributed by atoms with E-state index in [0.717, 1.165) is 38.2 Å². The van der Waals surface area contributed by atoms with Gasteiger partial charge < -0.3 is 4.74 Å². The van der Waals surface area contributed by atoms with E-state index in [1.807, 2.05) is 6.92 Å². The minimum absolute atomic E-state index is 0.430. The lowest BCUT2D eigenvalue weighted by Gasteiger charge is -2.39. The van der Waals surface area contributed by atoms with E-state index in [1.54, 1.807) is 0 Å². The molecule has 0 N–H and O–H groups in total. The monoisotopic (exact) mass is 256 g/mol. The van der Waals surface area contributed by atoms with Gasteiger partial charge in [-0.25, -0.2) is 4.39 Å². The summed E-state index contributed by atoms with van der Waals surface area (Å²) in [5.41, 5.74) is -0.865. The molecule has 2 rings (SSSR count). The average Bonchev–Trinajstić information content (AvgIpc) is 2.41. The van der Waals surface area contributed by atoms with Crippen molar-refractivity contribution in [3.63, 3.8) is 0 Å². The molecule has 2 aliphatic rings. The van der Waals surface area contributed by atoms with Gasteiger partial charge in [0.25, 0.3) is 0 Å². The minimum Gasteiger partial charge on any atom is -0.378 e. The summed E-state index contributed by atoms with van der Waals surface area (Å²) in [6.45, 7) is 5.18. The predicted molar refractivity (Wildman–Crippen MR) is 73.5 cm³/mol. The van der Waals surface area contributed by atoms with Crippen LogP contribution in [0.3, 0.4) is 0 Å². The van der Waals surface area contributed by atoms with Crippen molar-refractivity contribution >= 4 is 0 Å². The molecule has 0 radical (unpaired) electrons. The van der Waals surface area contributed by atoms with E-state index in [9.17, 15) is 4.39 Å². The highest BCUT2D eigenvalue weighted by molar-refractivity contribution is 4.88. The van der Waals surface area contributed by atoms with Gasteiger partial charge in [0.05, 0.1) is 6.10 Å². The molecule has 1 saturated carbocycles. The molecule has 0 spiro atoms. The molecule has 1 aliphatic carbocycles. The molecule has 0 aromatic heterocycles. The van der Waals surface area contributed by atoms with Gasteiger partial charge in [-0.3, -0.25) is 0 Å². The zero-order valence-electron chi connectivity index (χ0n) is 12.1. The quantitative estimate of drug-likeness (QED) is 0.696. The highest BCUT2D eigenvalue weighted by Gasteiger charge is 2.37. The highest BCUT2D eigenvalue weighted by atomic mass is 19.1. The molecular formula is C16H29FO. The van der Waals surface area contributed by atoms with E-state index < -0.39 is 5.67 Å². The van der Waals surface area contributed by atoms with Gasteiger partial charge in [-0.2, -0.15) is 0 Å². The molecule has 0 aromatic carbocycles. The van der Waals surface area contributed by atoms with Crippen molar-refractivity contribution in [3.8, 4) is 0 Å². The Morgan fingerprint density at radius 2 is 1.83 bits per heavy atom. The van der Waals surface area contributed by atoms with Crippen molar-refractivity contribution in [2.24, 2.45) is 11.8 Å². The summed E-state index contributed by atoms with van der Waals surface area (Å²) in [5.74, 6) is 1.41. The molecule has 2 atom stereocenters. The largest absolute Gasteiger partial charge is 0.378 e. The molecular weight excluding hydrogens is 227 g/mol. The fourth-order valence-corrected chi connectivity index (χ4v) is 3.72. The Morgan fingerprint density at radius 3 is 2.33 bits per heavy atom. The maximum Gasteiger partial charge on any atom is 0.110 e. The number of hydrogen-bond acceptors (Lipinski definition) is 1. The lowest BCUT2D eigenvalue weighted by molar-refractivity contribution is -0.0686. The molecule has 0 amide bonds. The minimum atomic E-state index is -0.865. The number of ether oxygens (including phenoxy) is 1. The summed E-state index contributed by atoms with van der Waals surface area (Å²) in [5, 5.41) is 0. The standard InChI is InChI=1S/C16H29FO/c1-3-5-13-6-7-15(18-12-13)14-8-10-16(17,4-2)11-9-14/h13-15H,3-12H2,1-2H3. The van der Waals surface area contributed by atoms with Crippen LogP contribution in [-0.2, 0) is 4.74 Å². The van der Waals surface area contributed by atoms with Crippen LogP contribution < -0.4 is 0 Å². The van der Waals surface area contributed by atoms with Crippen LogP contribution in [0, 0.1) is 11.8 Å². The summed E-state index contributed by atoms with van der Waals surface area (Å²) in [6.07, 6.45) is 9.80. The molecule has 0 bridgehead atoms. The van der Waals surface area contributed by atoms with Gasteiger partial charge in [0.1, 0.15) is 5.67 Å². The zero-order chi connectivity index (χ0) is 13.0. The molecule has 0 aromatic rings. The third kappa shape index (κ3) is 3.46. The Morgan fingerprint density at radius 1 is 1.11 bits per heavy atom. The lowest BCUT2D eigenvalue weighted by atomic mass is 9.75. The van der Waals surface area contributed by atoms with E-state index in [2.05, 4.69) is 6.92 Å². The van der Waals surface area contributed by atoms with E-state index in [0.29, 0.717) is 18.4 Å². The molecule has 1 aliphatic heterocycles. The van der Waals surface area contributed by atoms with Gasteiger partial charge in [0.15, 0.2) is 0 Å². The van der Waals surface area contributed by atoms with Crippen LogP contribution in [-0.4, -0.2) is 18.4 Å². The van der Waals surface area contributed by atoms with Crippen LogP contribution in [0.1, 0.15) is 71.6 Å². The van der Waals surface area contributed by atoms with E-state index in [-0.39, 0.29) is 0 Å². The van der Waals surface area contributed by atoms with Gasteiger partial charge in [-0.05, 0) is 63.2 Å². The second-order valence-electron chi connectivity index (χ2n) is 6.45. The van der Waals surface area contributed by atoms with Crippen LogP contribution in [0.4, 0.5) is 4.39 Å². The van der Waals surface area contributed by atoms with Gasteiger partial charge >= 0.3 is 0 Å². The molecule has 106 valence electrons. The second kappa shape index (κ2) is 6.36. The Labute approximate surface area is 111 Å². The molecule has 1 saturated heterocycles. The predicted octanol–water partition coefficient (Wildman–Crippen LogP) is 4.89. The third-order valence-corrected chi connectivity index (χ3v) is 5.19. The summed E-state index contributed by atoms with van der Waals surface area (Å²) >= 11 is 0. The number of rotatable bonds is 4. The van der Waals surface area contributed by atoms with Crippen molar-refractivity contribution in [1.82, 2.24) is 0 Å². The van der Waals surface area contributed by atoms with Crippen molar-refractivity contribution in [2.45, 2.75) is 83.4 Å². The van der Waals surface area contributed by atoms with Gasteiger partial charge in [0, 0.05) is 6.61 Å². The third-order valence-electron chi connectivity index (χ3n) is 5.19. The van der Waals surface area contributed by atoms with Crippen LogP contribution in [0.15, 0.2) is 0 Å². The topological polar surface area (TPSA) is 9.23 Å². The van der Waals surface area contributed by atoms with Gasteiger partial charge in [-0.15, -0.1) is 0 Å². The van der Waals surface area contributed by atoms with Crippen LogP contribution in [0.2, 0.25) is 0 Å². The average molecular weight is 256 g/mol. The summed E-state index contributed by atoms with van der Waals surface area (Å²) in [6, 6.07) is 0. The fourth-order valence-electron chi connectivity index (χ4n) is 3.72. The first-order valence-corrected chi connectivity index (χ1v) is 7.97. The maximum atomic E-state index is 14.2. The number of halogens is 1. The van der Waals surface area contributed by atoms with E-state index in [4.69, 9.17) is 4.74 Å². The van der Waals surface area contributed by atoms with Crippen LogP contribution in [0.5, 0.6) is 0 Å². The zero-order valence-corrected chi connectivity index (χ0v) is 12.1. The maximum absolute atomic E-state index is 14.2. The van der Waals surface area contributed by atoms with Crippen molar-refractivity contribution in [1.29, 1.82) is 0 Å². The number of hydrogen-bond donors (Lipinski definition) is 0. The Kier molecular flexibility index (Phi) is 5.06. The van der Waals surface area contributed by atoms with E-state index >= 15 is 0 Å². The highest BCUT2D eigenvalue weighted by Crippen LogP contribution is 2.41. The first-order chi connectivity index (χ1) is 8.67. The smallest absolute Gasteiger partial charge is 0.110 e.